The van der Waals surface area contributed by atoms with E-state index in [9.17, 15) is 0 Å². The van der Waals surface area contributed by atoms with E-state index in [4.69, 9.17) is 5.73 Å². The first-order valence-electron chi connectivity index (χ1n) is 6.81. The van der Waals surface area contributed by atoms with Gasteiger partial charge in [-0.2, -0.15) is 0 Å². The van der Waals surface area contributed by atoms with Crippen LogP contribution in [0.2, 0.25) is 0 Å². The molecule has 3 rings (SSSR count). The summed E-state index contributed by atoms with van der Waals surface area (Å²) in [6.45, 7) is 2.57. The van der Waals surface area contributed by atoms with Crippen LogP contribution in [0.15, 0.2) is 47.8 Å². The van der Waals surface area contributed by atoms with Crippen molar-refractivity contribution in [1.29, 1.82) is 0 Å². The van der Waals surface area contributed by atoms with Crippen LogP contribution in [0.5, 0.6) is 0 Å². The van der Waals surface area contributed by atoms with Crippen LogP contribution in [-0.4, -0.2) is 32.0 Å². The third-order valence-corrected chi connectivity index (χ3v) is 3.15. The minimum absolute atomic E-state index is 0.433. The first kappa shape index (κ1) is 13.2. The standard InChI is InChI=1S/C15H16N6/c1-2-17-14(16)13-9-21-10-18-20-15(21)12(19-13)8-11-6-4-3-5-7-11/h3-7,9-10H,2,8H2,1H3,(H2,16,17). The van der Waals surface area contributed by atoms with Crippen molar-refractivity contribution in [3.05, 3.63) is 59.8 Å². The quantitative estimate of drug-likeness (QED) is 0.579. The van der Waals surface area contributed by atoms with Crippen molar-refractivity contribution in [2.75, 3.05) is 6.54 Å². The van der Waals surface area contributed by atoms with Gasteiger partial charge < -0.3 is 5.73 Å². The summed E-state index contributed by atoms with van der Waals surface area (Å²) in [6.07, 6.45) is 4.13. The molecule has 0 aliphatic carbocycles. The summed E-state index contributed by atoms with van der Waals surface area (Å²) in [7, 11) is 0. The van der Waals surface area contributed by atoms with Crippen LogP contribution in [0.4, 0.5) is 0 Å². The molecule has 0 radical (unpaired) electrons. The average molecular weight is 280 g/mol. The van der Waals surface area contributed by atoms with Crippen LogP contribution in [-0.2, 0) is 6.42 Å². The number of nitrogens with zero attached hydrogens (tertiary/aromatic N) is 5. The molecule has 0 saturated carbocycles. The lowest BCUT2D eigenvalue weighted by molar-refractivity contribution is 1.000. The Balaban J connectivity index is 2.07. The van der Waals surface area contributed by atoms with Gasteiger partial charge in [-0.05, 0) is 12.5 Å². The van der Waals surface area contributed by atoms with E-state index >= 15 is 0 Å². The lowest BCUT2D eigenvalue weighted by atomic mass is 10.1. The predicted octanol–water partition coefficient (Wildman–Crippen LogP) is 1.44. The van der Waals surface area contributed by atoms with E-state index in [1.54, 1.807) is 12.5 Å². The van der Waals surface area contributed by atoms with Crippen molar-refractivity contribution in [2.24, 2.45) is 10.7 Å². The molecule has 0 bridgehead atoms. The monoisotopic (exact) mass is 280 g/mol. The second kappa shape index (κ2) is 5.70. The van der Waals surface area contributed by atoms with E-state index in [2.05, 4.69) is 32.3 Å². The summed E-state index contributed by atoms with van der Waals surface area (Å²) in [6, 6.07) is 10.1. The van der Waals surface area contributed by atoms with Crippen LogP contribution in [0.25, 0.3) is 5.65 Å². The molecule has 106 valence electrons. The van der Waals surface area contributed by atoms with Gasteiger partial charge in [0.2, 0.25) is 0 Å². The fourth-order valence-electron chi connectivity index (χ4n) is 2.18. The highest BCUT2D eigenvalue weighted by atomic mass is 15.2. The zero-order valence-electron chi connectivity index (χ0n) is 11.8. The highest BCUT2D eigenvalue weighted by Gasteiger charge is 2.11. The first-order valence-corrected chi connectivity index (χ1v) is 6.81. The van der Waals surface area contributed by atoms with E-state index in [0.717, 1.165) is 16.9 Å². The highest BCUT2D eigenvalue weighted by molar-refractivity contribution is 5.95. The van der Waals surface area contributed by atoms with Gasteiger partial charge in [0.05, 0.1) is 5.69 Å². The van der Waals surface area contributed by atoms with Crippen molar-refractivity contribution >= 4 is 11.5 Å². The minimum Gasteiger partial charge on any atom is -0.382 e. The molecular formula is C15H16N6. The minimum atomic E-state index is 0.433. The Morgan fingerprint density at radius 1 is 1.29 bits per heavy atom. The second-order valence-corrected chi connectivity index (χ2v) is 4.66. The molecule has 2 N–H and O–H groups in total. The number of benzene rings is 1. The number of hydrogen-bond acceptors (Lipinski definition) is 4. The maximum atomic E-state index is 5.96. The lowest BCUT2D eigenvalue weighted by Gasteiger charge is -2.07. The Hall–Kier alpha value is -2.76. The van der Waals surface area contributed by atoms with Crippen molar-refractivity contribution in [3.8, 4) is 0 Å². The molecular weight excluding hydrogens is 264 g/mol. The smallest absolute Gasteiger partial charge is 0.182 e. The molecule has 21 heavy (non-hydrogen) atoms. The topological polar surface area (TPSA) is 81.5 Å². The third-order valence-electron chi connectivity index (χ3n) is 3.15. The van der Waals surface area contributed by atoms with Gasteiger partial charge in [-0.25, -0.2) is 4.98 Å². The Labute approximate surface area is 122 Å². The summed E-state index contributed by atoms with van der Waals surface area (Å²) in [5, 5.41) is 8.07. The molecule has 6 nitrogen and oxygen atoms in total. The molecule has 6 heteroatoms. The molecule has 0 unspecified atom stereocenters. The lowest BCUT2D eigenvalue weighted by Crippen LogP contribution is -2.18. The number of fused-ring (bicyclic) bond motifs is 1. The average Bonchev–Trinajstić information content (AvgIpc) is 2.97. The number of rotatable bonds is 4. The first-order chi connectivity index (χ1) is 10.3. The molecule has 0 amide bonds. The van der Waals surface area contributed by atoms with Gasteiger partial charge in [0, 0.05) is 19.2 Å². The fraction of sp³-hybridized carbons (Fsp3) is 0.200. The van der Waals surface area contributed by atoms with Crippen LogP contribution < -0.4 is 5.73 Å². The molecule has 0 aliphatic rings. The summed E-state index contributed by atoms with van der Waals surface area (Å²) in [5.74, 6) is 0.433. The van der Waals surface area contributed by atoms with Gasteiger partial charge in [0.25, 0.3) is 0 Å². The Bertz CT molecular complexity index is 775. The summed E-state index contributed by atoms with van der Waals surface area (Å²) >= 11 is 0. The number of nitrogens with two attached hydrogens (primary N) is 1. The third kappa shape index (κ3) is 2.74. The number of hydrogen-bond donors (Lipinski definition) is 1. The van der Waals surface area contributed by atoms with Crippen LogP contribution in [0.1, 0.15) is 23.9 Å². The Morgan fingerprint density at radius 3 is 2.86 bits per heavy atom. The van der Waals surface area contributed by atoms with Crippen molar-refractivity contribution in [2.45, 2.75) is 13.3 Å². The Morgan fingerprint density at radius 2 is 2.10 bits per heavy atom. The maximum Gasteiger partial charge on any atom is 0.182 e. The van der Waals surface area contributed by atoms with Crippen LogP contribution in [0.3, 0.4) is 0 Å². The molecule has 0 aliphatic heterocycles. The van der Waals surface area contributed by atoms with Crippen LogP contribution in [0, 0.1) is 0 Å². The van der Waals surface area contributed by atoms with Crippen molar-refractivity contribution in [1.82, 2.24) is 19.6 Å². The van der Waals surface area contributed by atoms with Crippen molar-refractivity contribution in [3.63, 3.8) is 0 Å². The fourth-order valence-corrected chi connectivity index (χ4v) is 2.18. The summed E-state index contributed by atoms with van der Waals surface area (Å²) < 4.78 is 1.83. The maximum absolute atomic E-state index is 5.96. The van der Waals surface area contributed by atoms with Gasteiger partial charge in [0.15, 0.2) is 5.65 Å². The van der Waals surface area contributed by atoms with Gasteiger partial charge in [-0.1, -0.05) is 30.3 Å². The molecule has 1 aromatic carbocycles. The van der Waals surface area contributed by atoms with E-state index in [-0.39, 0.29) is 0 Å². The number of aliphatic imine (C=N–C) groups is 1. The Kier molecular flexibility index (Phi) is 3.59. The van der Waals surface area contributed by atoms with Gasteiger partial charge in [-0.3, -0.25) is 9.39 Å². The molecule has 2 heterocycles. The van der Waals surface area contributed by atoms with Gasteiger partial charge in [0.1, 0.15) is 17.9 Å². The summed E-state index contributed by atoms with van der Waals surface area (Å²) in [4.78, 5) is 8.82. The van der Waals surface area contributed by atoms with Gasteiger partial charge >= 0.3 is 0 Å². The normalized spacial score (nSPS) is 12.0. The van der Waals surface area contributed by atoms with Crippen molar-refractivity contribution < 1.29 is 0 Å². The zero-order chi connectivity index (χ0) is 14.7. The van der Waals surface area contributed by atoms with E-state index in [0.29, 0.717) is 24.5 Å². The summed E-state index contributed by atoms with van der Waals surface area (Å²) in [5.41, 5.74) is 9.35. The highest BCUT2D eigenvalue weighted by Crippen LogP contribution is 2.13. The molecule has 3 aromatic rings. The SMILES string of the molecule is CCN=C(N)c1cn2cnnc2c(Cc2ccccc2)n1. The molecule has 0 fully saturated rings. The number of amidine groups is 1. The molecule has 0 atom stereocenters. The van der Waals surface area contributed by atoms with Gasteiger partial charge in [-0.15, -0.1) is 10.2 Å². The van der Waals surface area contributed by atoms with E-state index in [1.807, 2.05) is 29.5 Å². The van der Waals surface area contributed by atoms with Crippen LogP contribution >= 0.6 is 0 Å². The molecule has 2 aromatic heterocycles. The number of aromatic nitrogens is 4. The zero-order valence-corrected chi connectivity index (χ0v) is 11.8. The van der Waals surface area contributed by atoms with E-state index in [1.165, 1.54) is 0 Å². The second-order valence-electron chi connectivity index (χ2n) is 4.66. The largest absolute Gasteiger partial charge is 0.382 e. The van der Waals surface area contributed by atoms with E-state index < -0.39 is 0 Å². The predicted molar refractivity (Wildman–Crippen MR) is 81.3 cm³/mol. The molecule has 0 spiro atoms. The molecule has 0 saturated heterocycles.